The van der Waals surface area contributed by atoms with E-state index >= 15 is 0 Å². The number of aryl methyl sites for hydroxylation is 2. The lowest BCUT2D eigenvalue weighted by Gasteiger charge is -2.39. The van der Waals surface area contributed by atoms with Crippen molar-refractivity contribution in [3.05, 3.63) is 70.4 Å². The lowest BCUT2D eigenvalue weighted by Crippen LogP contribution is -2.53. The topological polar surface area (TPSA) is 60.9 Å². The van der Waals surface area contributed by atoms with Crippen LogP contribution >= 0.6 is 11.3 Å². The first-order valence-corrected chi connectivity index (χ1v) is 15.3. The Morgan fingerprint density at radius 2 is 1.74 bits per heavy atom. The van der Waals surface area contributed by atoms with Crippen molar-refractivity contribution in [3.8, 4) is 16.2 Å². The fourth-order valence-electron chi connectivity index (χ4n) is 5.16. The van der Waals surface area contributed by atoms with E-state index in [1.54, 1.807) is 40.7 Å². The quantitative estimate of drug-likeness (QED) is 0.224. The number of halogens is 3. The Labute approximate surface area is 256 Å². The molecule has 0 aliphatic carbocycles. The third-order valence-corrected chi connectivity index (χ3v) is 8.64. The van der Waals surface area contributed by atoms with E-state index in [1.807, 2.05) is 13.8 Å². The summed E-state index contributed by atoms with van der Waals surface area (Å²) >= 11 is 1.22. The standard InChI is InChI=1S/C33H41F3N2O4S/c1-22-12-14-23(15-13-22)11-9-8-10-18-40-26-17-16-24(19-25(26)33(34,35)36)27-20-37-28(43-27)32(7)21-41-31(5,6)38(32)29(39)42-30(2,3)4/h12-17,19-20H,8-11,18,21H2,1-7H3/t32-/m1/s1. The van der Waals surface area contributed by atoms with Crippen LogP contribution in [0, 0.1) is 6.92 Å². The molecular formula is C33H41F3N2O4S. The summed E-state index contributed by atoms with van der Waals surface area (Å²) in [6.07, 6.45) is -0.216. The number of rotatable bonds is 9. The summed E-state index contributed by atoms with van der Waals surface area (Å²) in [6.45, 7) is 13.1. The molecule has 1 fully saturated rings. The van der Waals surface area contributed by atoms with Gasteiger partial charge in [-0.1, -0.05) is 29.8 Å². The summed E-state index contributed by atoms with van der Waals surface area (Å²) in [5.74, 6) is -0.187. The van der Waals surface area contributed by atoms with Crippen LogP contribution in [-0.4, -0.2) is 40.5 Å². The van der Waals surface area contributed by atoms with Crippen LogP contribution in [0.5, 0.6) is 5.75 Å². The summed E-state index contributed by atoms with van der Waals surface area (Å²) in [5.41, 5.74) is -0.645. The molecule has 4 rings (SSSR count). The number of alkyl halides is 3. The zero-order chi connectivity index (χ0) is 31.6. The minimum Gasteiger partial charge on any atom is -0.493 e. The first-order valence-electron chi connectivity index (χ1n) is 14.5. The van der Waals surface area contributed by atoms with Gasteiger partial charge in [-0.25, -0.2) is 9.78 Å². The molecule has 1 aromatic heterocycles. The van der Waals surface area contributed by atoms with E-state index in [0.29, 0.717) is 21.9 Å². The Morgan fingerprint density at radius 3 is 2.40 bits per heavy atom. The van der Waals surface area contributed by atoms with Crippen LogP contribution in [-0.2, 0) is 27.6 Å². The largest absolute Gasteiger partial charge is 0.493 e. The highest BCUT2D eigenvalue weighted by Gasteiger charge is 2.55. The number of amides is 1. The van der Waals surface area contributed by atoms with Crippen molar-refractivity contribution in [2.75, 3.05) is 13.2 Å². The van der Waals surface area contributed by atoms with Crippen molar-refractivity contribution in [1.82, 2.24) is 9.88 Å². The predicted molar refractivity (Wildman–Crippen MR) is 162 cm³/mol. The summed E-state index contributed by atoms with van der Waals surface area (Å²) < 4.78 is 59.5. The van der Waals surface area contributed by atoms with Crippen LogP contribution in [0.15, 0.2) is 48.7 Å². The van der Waals surface area contributed by atoms with E-state index in [-0.39, 0.29) is 19.0 Å². The second kappa shape index (κ2) is 12.5. The normalized spacial score (nSPS) is 18.6. The first kappa shape index (κ1) is 32.8. The smallest absolute Gasteiger partial charge is 0.419 e. The molecule has 2 aromatic carbocycles. The molecule has 0 unspecified atom stereocenters. The Bertz CT molecular complexity index is 1410. The van der Waals surface area contributed by atoms with Crippen molar-refractivity contribution in [2.45, 2.75) is 97.2 Å². The van der Waals surface area contributed by atoms with Crippen LogP contribution in [0.1, 0.15) is 82.5 Å². The van der Waals surface area contributed by atoms with Crippen LogP contribution < -0.4 is 4.74 Å². The molecule has 43 heavy (non-hydrogen) atoms. The van der Waals surface area contributed by atoms with Gasteiger partial charge in [0.05, 0.1) is 23.7 Å². The van der Waals surface area contributed by atoms with Gasteiger partial charge in [-0.05, 0) is 103 Å². The summed E-state index contributed by atoms with van der Waals surface area (Å²) in [7, 11) is 0. The maximum Gasteiger partial charge on any atom is 0.419 e. The van der Waals surface area contributed by atoms with Crippen molar-refractivity contribution >= 4 is 17.4 Å². The van der Waals surface area contributed by atoms with Gasteiger partial charge in [0.15, 0.2) is 0 Å². The second-order valence-electron chi connectivity index (χ2n) is 12.7. The van der Waals surface area contributed by atoms with Gasteiger partial charge in [-0.2, -0.15) is 13.2 Å². The molecule has 6 nitrogen and oxygen atoms in total. The highest BCUT2D eigenvalue weighted by Crippen LogP contribution is 2.46. The van der Waals surface area contributed by atoms with Crippen LogP contribution in [0.2, 0.25) is 0 Å². The van der Waals surface area contributed by atoms with Crippen LogP contribution in [0.3, 0.4) is 0 Å². The number of benzene rings is 2. The Balaban J connectivity index is 1.46. The fraction of sp³-hybridized carbons (Fsp3) is 0.515. The average molecular weight is 619 g/mol. The molecule has 0 bridgehead atoms. The van der Waals surface area contributed by atoms with Crippen molar-refractivity contribution in [2.24, 2.45) is 0 Å². The van der Waals surface area contributed by atoms with E-state index in [0.717, 1.165) is 25.3 Å². The third kappa shape index (κ3) is 7.89. The fourth-order valence-corrected chi connectivity index (χ4v) is 6.19. The molecule has 0 spiro atoms. The molecule has 1 saturated heterocycles. The van der Waals surface area contributed by atoms with Gasteiger partial charge in [0.1, 0.15) is 27.6 Å². The molecule has 1 aliphatic heterocycles. The van der Waals surface area contributed by atoms with E-state index in [4.69, 9.17) is 14.2 Å². The van der Waals surface area contributed by atoms with Crippen LogP contribution in [0.4, 0.5) is 18.0 Å². The molecule has 0 saturated carbocycles. The summed E-state index contributed by atoms with van der Waals surface area (Å²) in [5, 5.41) is 0.540. The van der Waals surface area contributed by atoms with Gasteiger partial charge in [0.25, 0.3) is 0 Å². The van der Waals surface area contributed by atoms with E-state index in [9.17, 15) is 18.0 Å². The predicted octanol–water partition coefficient (Wildman–Crippen LogP) is 9.15. The van der Waals surface area contributed by atoms with Crippen molar-refractivity contribution in [3.63, 3.8) is 0 Å². The third-order valence-electron chi connectivity index (χ3n) is 7.34. The lowest BCUT2D eigenvalue weighted by atomic mass is 10.0. The molecular weight excluding hydrogens is 577 g/mol. The SMILES string of the molecule is Cc1ccc(CCCCCOc2ccc(-c3cnc([C@@]4(C)COC(C)(C)N4C(=O)OC(C)(C)C)s3)cc2C(F)(F)F)cc1. The number of aromatic nitrogens is 1. The highest BCUT2D eigenvalue weighted by atomic mass is 32.1. The number of hydrogen-bond acceptors (Lipinski definition) is 6. The molecule has 2 heterocycles. The monoisotopic (exact) mass is 618 g/mol. The average Bonchev–Trinajstić information content (AvgIpc) is 3.49. The molecule has 0 N–H and O–H groups in total. The number of ether oxygens (including phenoxy) is 3. The number of hydrogen-bond donors (Lipinski definition) is 0. The van der Waals surface area contributed by atoms with Gasteiger partial charge < -0.3 is 14.2 Å². The molecule has 1 aliphatic rings. The van der Waals surface area contributed by atoms with Gasteiger partial charge in [0, 0.05) is 6.20 Å². The minimum absolute atomic E-state index is 0.164. The van der Waals surface area contributed by atoms with E-state index in [2.05, 4.69) is 29.2 Å². The molecule has 1 atom stereocenters. The Morgan fingerprint density at radius 1 is 1.05 bits per heavy atom. The van der Waals surface area contributed by atoms with Gasteiger partial charge in [-0.15, -0.1) is 11.3 Å². The molecule has 1 amide bonds. The molecule has 0 radical (unpaired) electrons. The minimum atomic E-state index is -4.59. The molecule has 234 valence electrons. The number of carbonyl (C=O) groups is 1. The second-order valence-corrected chi connectivity index (χ2v) is 13.7. The van der Waals surface area contributed by atoms with Gasteiger partial charge in [-0.3, -0.25) is 4.90 Å². The van der Waals surface area contributed by atoms with Crippen molar-refractivity contribution in [1.29, 1.82) is 0 Å². The number of unbranched alkanes of at least 4 members (excludes halogenated alkanes) is 2. The Kier molecular flexibility index (Phi) is 9.52. The van der Waals surface area contributed by atoms with Crippen molar-refractivity contribution < 1.29 is 32.2 Å². The molecule has 10 heteroatoms. The van der Waals surface area contributed by atoms with Gasteiger partial charge in [0.2, 0.25) is 0 Å². The number of carbonyl (C=O) groups excluding carboxylic acids is 1. The summed E-state index contributed by atoms with van der Waals surface area (Å²) in [6, 6.07) is 12.5. The van der Waals surface area contributed by atoms with Gasteiger partial charge >= 0.3 is 12.3 Å². The maximum atomic E-state index is 14.1. The highest BCUT2D eigenvalue weighted by molar-refractivity contribution is 7.15. The number of nitrogens with zero attached hydrogens (tertiary/aromatic N) is 2. The zero-order valence-electron chi connectivity index (χ0n) is 25.9. The molecule has 3 aromatic rings. The summed E-state index contributed by atoms with van der Waals surface area (Å²) in [4.78, 5) is 19.8. The van der Waals surface area contributed by atoms with E-state index in [1.165, 1.54) is 39.6 Å². The zero-order valence-corrected chi connectivity index (χ0v) is 26.7. The van der Waals surface area contributed by atoms with E-state index < -0.39 is 34.7 Å². The lowest BCUT2D eigenvalue weighted by molar-refractivity contribution is -0.138. The Hall–Kier alpha value is -3.11. The number of thiazole rings is 1. The first-order chi connectivity index (χ1) is 20.0. The van der Waals surface area contributed by atoms with Crippen LogP contribution in [0.25, 0.3) is 10.4 Å². The maximum absolute atomic E-state index is 14.1.